The number of anilines is 1. The molecule has 8 atom stereocenters. The fourth-order valence-corrected chi connectivity index (χ4v) is 13.6. The smallest absolute Gasteiger partial charge is 0.410 e. The Bertz CT molecular complexity index is 3550. The zero-order chi connectivity index (χ0) is 57.8. The summed E-state index contributed by atoms with van der Waals surface area (Å²) in [5.74, 6) is -1.38. The van der Waals surface area contributed by atoms with Crippen LogP contribution >= 0.6 is 11.3 Å². The van der Waals surface area contributed by atoms with E-state index in [2.05, 4.69) is 30.6 Å². The molecule has 9 heterocycles. The van der Waals surface area contributed by atoms with Crippen LogP contribution in [0.4, 0.5) is 15.0 Å². The number of halogens is 1. The Morgan fingerprint density at radius 3 is 2.42 bits per heavy atom. The maximum atomic E-state index is 17.2. The summed E-state index contributed by atoms with van der Waals surface area (Å²) in [6, 6.07) is 17.9. The third-order valence-corrected chi connectivity index (χ3v) is 18.4. The van der Waals surface area contributed by atoms with E-state index in [-0.39, 0.29) is 110 Å². The molecule has 4 aromatic heterocycles. The monoisotopic (exact) mass is 1150 g/mol. The number of hydrogen-bond donors (Lipinski definition) is 4. The molecule has 0 saturated carbocycles. The van der Waals surface area contributed by atoms with Crippen LogP contribution in [0.15, 0.2) is 76.9 Å². The Morgan fingerprint density at radius 1 is 0.940 bits per heavy atom. The maximum absolute atomic E-state index is 17.2. The number of hydrogen-bond acceptors (Lipinski definition) is 18. The van der Waals surface area contributed by atoms with E-state index in [9.17, 15) is 24.6 Å². The standard InChI is InChI=1S/C61H70FN11O9S/c1-7-35-9-8-10-38-19-43(74)20-46(52(35)38)54-53(62)55-47(23-63-54)57(71-24-39-15-16-40(25-71)66-39)68-60(67-55)79-29-41-17-18-42(70(41)6)30-80-61(78)72-27-45(28-72)81-50-22-49(82-69-50)51(32(2)3)59(77)73-26-44(75)21-48(73)58(76)65-33(4)36-11-13-37(14-12-36)56-34(5)64-31-83-56/h8-14,19-20,22-23,31-33,39-42,44-45,48,51,66,74-75H,7,15-18,21,24-30H2,1-6H3,(H,65,76)/t33-,39?,40?,41-,42-,44+,48-,51+/m0/s1. The molecule has 2 unspecified atom stereocenters. The van der Waals surface area contributed by atoms with E-state index >= 15 is 4.39 Å². The van der Waals surface area contributed by atoms with Gasteiger partial charge in [-0.15, -0.1) is 11.3 Å². The van der Waals surface area contributed by atoms with Gasteiger partial charge in [-0.05, 0) is 104 Å². The number of β-amino-alcohol motifs (C(OH)–C–C–N with tert-alkyl or cyclic N) is 1. The molecule has 83 heavy (non-hydrogen) atoms. The molecule has 20 nitrogen and oxygen atoms in total. The summed E-state index contributed by atoms with van der Waals surface area (Å²) in [7, 11) is 1.97. The van der Waals surface area contributed by atoms with E-state index in [1.54, 1.807) is 40.6 Å². The number of aromatic hydroxyl groups is 1. The molecule has 5 aliphatic rings. The zero-order valence-electron chi connectivity index (χ0n) is 47.5. The number of ether oxygens (including phenoxy) is 3. The van der Waals surface area contributed by atoms with Crippen molar-refractivity contribution in [2.24, 2.45) is 5.92 Å². The quantitative estimate of drug-likeness (QED) is 0.0678. The Balaban J connectivity index is 0.641. The van der Waals surface area contributed by atoms with Crippen molar-refractivity contribution in [3.05, 3.63) is 101 Å². The SMILES string of the molecule is CCc1cccc2cc(O)cc(-c3ncc4c(N5CC6CCC(C5)N6)nc(OC[C@@H]5CC[C@@H](COC(=O)N6CC(Oc7cc([C@H](C(=O)N8C[C@H](O)C[C@H]8C(=O)N[C@@H](C)c8ccc(-c9scnc9C)cc8)C(C)C)on7)C6)N5C)nc4c3F)c12. The molecule has 0 aliphatic carbocycles. The van der Waals surface area contributed by atoms with Crippen LogP contribution in [0.5, 0.6) is 17.6 Å². The first kappa shape index (κ1) is 56.0. The zero-order valence-corrected chi connectivity index (χ0v) is 48.3. The van der Waals surface area contributed by atoms with Gasteiger partial charge in [-0.3, -0.25) is 19.5 Å². The van der Waals surface area contributed by atoms with Crippen LogP contribution in [0, 0.1) is 18.7 Å². The Labute approximate surface area is 484 Å². The molecular weight excluding hydrogens is 1080 g/mol. The summed E-state index contributed by atoms with van der Waals surface area (Å²) in [5, 5.41) is 34.5. The Morgan fingerprint density at radius 2 is 1.70 bits per heavy atom. The number of benzene rings is 3. The van der Waals surface area contributed by atoms with Crippen molar-refractivity contribution in [1.29, 1.82) is 0 Å². The number of rotatable bonds is 17. The highest BCUT2D eigenvalue weighted by Gasteiger charge is 2.44. The number of aromatic nitrogens is 5. The molecule has 4 N–H and O–H groups in total. The first-order valence-electron chi connectivity index (χ1n) is 28.9. The third kappa shape index (κ3) is 11.2. The topological polar surface area (TPSA) is 234 Å². The van der Waals surface area contributed by atoms with Crippen LogP contribution in [0.25, 0.3) is 43.4 Å². The minimum atomic E-state index is -0.885. The number of nitrogens with zero attached hydrogens (tertiary/aromatic N) is 9. The minimum absolute atomic E-state index is 0.000606. The third-order valence-electron chi connectivity index (χ3n) is 17.4. The summed E-state index contributed by atoms with van der Waals surface area (Å²) in [4.78, 5) is 68.5. The highest BCUT2D eigenvalue weighted by atomic mass is 32.1. The van der Waals surface area contributed by atoms with Gasteiger partial charge in [0.2, 0.25) is 11.8 Å². The molecular formula is C61H70FN11O9S. The van der Waals surface area contributed by atoms with Crippen LogP contribution in [0.1, 0.15) is 94.3 Å². The second kappa shape index (κ2) is 23.3. The fourth-order valence-electron chi connectivity index (χ4n) is 12.8. The lowest BCUT2D eigenvalue weighted by Crippen LogP contribution is -2.56. The molecule has 3 amide bonds. The van der Waals surface area contributed by atoms with Crippen molar-refractivity contribution in [1.82, 2.24) is 50.4 Å². The van der Waals surface area contributed by atoms with Gasteiger partial charge in [0.05, 0.1) is 46.7 Å². The lowest BCUT2D eigenvalue weighted by molar-refractivity contribution is -0.141. The number of thiazole rings is 1. The molecule has 0 radical (unpaired) electrons. The van der Waals surface area contributed by atoms with E-state index in [1.165, 1.54) is 4.90 Å². The van der Waals surface area contributed by atoms with Crippen molar-refractivity contribution in [3.8, 4) is 39.3 Å². The fraction of sp³-hybridized carbons (Fsp3) is 0.475. The molecule has 5 aliphatic heterocycles. The maximum Gasteiger partial charge on any atom is 0.410 e. The van der Waals surface area contributed by atoms with Crippen molar-refractivity contribution >= 4 is 56.7 Å². The van der Waals surface area contributed by atoms with Crippen molar-refractivity contribution < 1.29 is 47.7 Å². The lowest BCUT2D eigenvalue weighted by atomic mass is 9.91. The average Bonchev–Trinajstić information content (AvgIpc) is 3.83. The minimum Gasteiger partial charge on any atom is -0.508 e. The van der Waals surface area contributed by atoms with Gasteiger partial charge in [0.25, 0.3) is 5.88 Å². The van der Waals surface area contributed by atoms with Gasteiger partial charge >= 0.3 is 12.1 Å². The summed E-state index contributed by atoms with van der Waals surface area (Å²) < 4.78 is 41.2. The number of aryl methyl sites for hydroxylation is 2. The number of carbonyl (C=O) groups excluding carboxylic acids is 3. The number of likely N-dealkylation sites (N-methyl/N-ethyl adjacent to an activating group) is 1. The van der Waals surface area contributed by atoms with Gasteiger partial charge in [-0.25, -0.2) is 14.2 Å². The molecule has 7 aromatic rings. The van der Waals surface area contributed by atoms with Crippen molar-refractivity contribution in [2.75, 3.05) is 57.9 Å². The Hall–Kier alpha value is -7.53. The first-order chi connectivity index (χ1) is 40.1. The number of carbonyl (C=O) groups is 3. The number of amides is 3. The molecule has 5 fully saturated rings. The van der Waals surface area contributed by atoms with Crippen LogP contribution in [0.2, 0.25) is 0 Å². The van der Waals surface area contributed by atoms with E-state index in [0.717, 1.165) is 63.7 Å². The van der Waals surface area contributed by atoms with Crippen LogP contribution in [-0.2, 0) is 20.7 Å². The number of aliphatic hydroxyl groups excluding tert-OH is 1. The van der Waals surface area contributed by atoms with E-state index in [0.29, 0.717) is 48.4 Å². The van der Waals surface area contributed by atoms with Crippen molar-refractivity contribution in [2.45, 2.75) is 128 Å². The van der Waals surface area contributed by atoms with Gasteiger partial charge in [0.1, 0.15) is 54.1 Å². The van der Waals surface area contributed by atoms with Crippen molar-refractivity contribution in [3.63, 3.8) is 0 Å². The Kier molecular flexibility index (Phi) is 15.7. The number of likely N-dealkylation sites (tertiary alicyclic amines) is 3. The normalized spacial score (nSPS) is 22.6. The summed E-state index contributed by atoms with van der Waals surface area (Å²) in [6.07, 6.45) is 4.33. The van der Waals surface area contributed by atoms with E-state index in [1.807, 2.05) is 89.6 Å². The highest BCUT2D eigenvalue weighted by molar-refractivity contribution is 7.13. The number of pyridine rings is 1. The van der Waals surface area contributed by atoms with Crippen LogP contribution in [0.3, 0.4) is 0 Å². The number of aliphatic hydroxyl groups is 1. The van der Waals surface area contributed by atoms with Crippen LogP contribution < -0.4 is 25.0 Å². The van der Waals surface area contributed by atoms with Gasteiger partial charge < -0.3 is 54.3 Å². The molecule has 436 valence electrons. The lowest BCUT2D eigenvalue weighted by Gasteiger charge is -2.37. The molecule has 2 bridgehead atoms. The predicted molar refractivity (Wildman–Crippen MR) is 310 cm³/mol. The summed E-state index contributed by atoms with van der Waals surface area (Å²) in [5.41, 5.74) is 6.40. The second-order valence-electron chi connectivity index (χ2n) is 23.3. The van der Waals surface area contributed by atoms with E-state index in [4.69, 9.17) is 33.7 Å². The molecule has 22 heteroatoms. The van der Waals surface area contributed by atoms with Gasteiger partial charge in [-0.2, -0.15) is 9.97 Å². The predicted octanol–water partition coefficient (Wildman–Crippen LogP) is 7.93. The number of nitrogens with one attached hydrogen (secondary N) is 2. The average molecular weight is 1150 g/mol. The van der Waals surface area contributed by atoms with Gasteiger partial charge in [-0.1, -0.05) is 63.2 Å². The number of phenols is 1. The number of phenolic OH excluding ortho intramolecular Hbond substituents is 1. The highest BCUT2D eigenvalue weighted by Crippen LogP contribution is 2.40. The molecule has 5 saturated heterocycles. The van der Waals surface area contributed by atoms with E-state index < -0.39 is 36.1 Å². The largest absolute Gasteiger partial charge is 0.508 e. The number of piperazine rings is 1. The summed E-state index contributed by atoms with van der Waals surface area (Å²) in [6.45, 7) is 12.0. The summed E-state index contributed by atoms with van der Waals surface area (Å²) >= 11 is 1.57. The van der Waals surface area contributed by atoms with Gasteiger partial charge in [0.15, 0.2) is 11.6 Å². The van der Waals surface area contributed by atoms with Gasteiger partial charge in [0, 0.05) is 68.0 Å². The molecule has 0 spiro atoms. The molecule has 12 rings (SSSR count). The van der Waals surface area contributed by atoms with Crippen LogP contribution in [-0.4, -0.2) is 163 Å². The number of fused-ring (bicyclic) bond motifs is 4. The second-order valence-corrected chi connectivity index (χ2v) is 24.2. The first-order valence-corrected chi connectivity index (χ1v) is 29.8. The molecule has 3 aromatic carbocycles.